The van der Waals surface area contributed by atoms with E-state index < -0.39 is 0 Å². The number of hydrogen-bond acceptors (Lipinski definition) is 2. The lowest BCUT2D eigenvalue weighted by molar-refractivity contribution is -0.116. The van der Waals surface area contributed by atoms with Crippen molar-refractivity contribution in [2.45, 2.75) is 0 Å². The van der Waals surface area contributed by atoms with Crippen LogP contribution in [0.25, 0.3) is 0 Å². The van der Waals surface area contributed by atoms with Crippen LogP contribution in [0.5, 0.6) is 0 Å². The van der Waals surface area contributed by atoms with Crippen LogP contribution in [0, 0.1) is 0 Å². The Kier molecular flexibility index (Phi) is 3.78. The van der Waals surface area contributed by atoms with Crippen molar-refractivity contribution in [2.24, 2.45) is 0 Å². The topological polar surface area (TPSA) is 46.1 Å². The first-order valence-electron chi connectivity index (χ1n) is 4.07. The second-order valence-electron chi connectivity index (χ2n) is 2.54. The quantitative estimate of drug-likeness (QED) is 0.505. The summed E-state index contributed by atoms with van der Waals surface area (Å²) < 4.78 is 1.61. The van der Waals surface area contributed by atoms with Gasteiger partial charge in [0.25, 0.3) is 5.91 Å². The molecule has 0 atom stereocenters. The molecule has 0 unspecified atom stereocenters. The average Bonchev–Trinajstić information content (AvgIpc) is 2.57. The van der Waals surface area contributed by atoms with Gasteiger partial charge in [-0.05, 0) is 12.1 Å². The predicted octanol–water partition coefficient (Wildman–Crippen LogP) is 0.334. The molecule has 0 spiro atoms. The van der Waals surface area contributed by atoms with Crippen molar-refractivity contribution >= 4 is 5.91 Å². The Morgan fingerprint density at radius 3 is 2.77 bits per heavy atom. The molecule has 1 aromatic heterocycles. The molecule has 13 heavy (non-hydrogen) atoms. The molecule has 1 amide bonds. The monoisotopic (exact) mass is 179 g/mol. The van der Waals surface area contributed by atoms with Crippen LogP contribution >= 0.6 is 0 Å². The van der Waals surface area contributed by atoms with Crippen molar-refractivity contribution in [2.75, 3.05) is 18.5 Å². The van der Waals surface area contributed by atoms with Crippen LogP contribution in [0.3, 0.4) is 0 Å². The molecule has 4 heteroatoms. The van der Waals surface area contributed by atoms with Crippen LogP contribution < -0.4 is 10.7 Å². The third kappa shape index (κ3) is 3.57. The average molecular weight is 179 g/mol. The predicted molar refractivity (Wildman–Crippen MR) is 51.9 cm³/mol. The SMILES string of the molecule is C=CCNCC(=O)Nn1cccc1. The van der Waals surface area contributed by atoms with Gasteiger partial charge in [0.15, 0.2) is 0 Å². The van der Waals surface area contributed by atoms with Crippen molar-refractivity contribution < 1.29 is 4.79 Å². The molecule has 2 N–H and O–H groups in total. The molecule has 0 aliphatic heterocycles. The van der Waals surface area contributed by atoms with Crippen LogP contribution in [0.15, 0.2) is 37.2 Å². The molecule has 0 aromatic carbocycles. The summed E-state index contributed by atoms with van der Waals surface area (Å²) in [4.78, 5) is 11.2. The van der Waals surface area contributed by atoms with Gasteiger partial charge < -0.3 is 5.32 Å². The van der Waals surface area contributed by atoms with E-state index >= 15 is 0 Å². The first-order chi connectivity index (χ1) is 6.33. The van der Waals surface area contributed by atoms with E-state index in [0.29, 0.717) is 13.1 Å². The molecular weight excluding hydrogens is 166 g/mol. The highest BCUT2D eigenvalue weighted by Gasteiger charge is 1.97. The first-order valence-corrected chi connectivity index (χ1v) is 4.07. The third-order valence-corrected chi connectivity index (χ3v) is 1.43. The van der Waals surface area contributed by atoms with Gasteiger partial charge in [0.1, 0.15) is 0 Å². The van der Waals surface area contributed by atoms with Gasteiger partial charge in [-0.2, -0.15) is 0 Å². The minimum Gasteiger partial charge on any atom is -0.305 e. The molecule has 0 radical (unpaired) electrons. The Labute approximate surface area is 77.2 Å². The Morgan fingerprint density at radius 1 is 1.46 bits per heavy atom. The normalized spacial score (nSPS) is 9.54. The van der Waals surface area contributed by atoms with Gasteiger partial charge >= 0.3 is 0 Å². The molecule has 1 aromatic rings. The summed E-state index contributed by atoms with van der Waals surface area (Å²) >= 11 is 0. The van der Waals surface area contributed by atoms with Crippen molar-refractivity contribution in [3.63, 3.8) is 0 Å². The van der Waals surface area contributed by atoms with E-state index in [-0.39, 0.29) is 5.91 Å². The van der Waals surface area contributed by atoms with Crippen molar-refractivity contribution in [3.8, 4) is 0 Å². The number of amides is 1. The van der Waals surface area contributed by atoms with Crippen LogP contribution in [0.4, 0.5) is 0 Å². The number of hydrogen-bond donors (Lipinski definition) is 2. The fraction of sp³-hybridized carbons (Fsp3) is 0.222. The Bertz CT molecular complexity index is 266. The number of rotatable bonds is 5. The lowest BCUT2D eigenvalue weighted by atomic mass is 10.5. The molecule has 0 aliphatic carbocycles. The number of nitrogens with one attached hydrogen (secondary N) is 2. The molecule has 1 heterocycles. The summed E-state index contributed by atoms with van der Waals surface area (Å²) in [6, 6.07) is 3.69. The van der Waals surface area contributed by atoms with Crippen molar-refractivity contribution in [1.82, 2.24) is 9.99 Å². The van der Waals surface area contributed by atoms with Crippen LogP contribution in [-0.4, -0.2) is 23.7 Å². The first kappa shape index (κ1) is 9.54. The molecule has 0 saturated carbocycles. The van der Waals surface area contributed by atoms with E-state index in [1.807, 2.05) is 12.1 Å². The molecule has 70 valence electrons. The molecule has 0 bridgehead atoms. The smallest absolute Gasteiger partial charge is 0.252 e. The third-order valence-electron chi connectivity index (χ3n) is 1.43. The van der Waals surface area contributed by atoms with E-state index in [4.69, 9.17) is 0 Å². The molecule has 0 saturated heterocycles. The van der Waals surface area contributed by atoms with Gasteiger partial charge in [-0.25, -0.2) is 0 Å². The van der Waals surface area contributed by atoms with Gasteiger partial charge in [0.05, 0.1) is 6.54 Å². The number of carbonyl (C=O) groups excluding carboxylic acids is 1. The van der Waals surface area contributed by atoms with Crippen LogP contribution in [-0.2, 0) is 4.79 Å². The number of carbonyl (C=O) groups is 1. The number of nitrogens with zero attached hydrogens (tertiary/aromatic N) is 1. The Hall–Kier alpha value is -1.55. The Morgan fingerprint density at radius 2 is 2.15 bits per heavy atom. The zero-order valence-corrected chi connectivity index (χ0v) is 7.36. The van der Waals surface area contributed by atoms with Gasteiger partial charge in [-0.1, -0.05) is 6.08 Å². The standard InChI is InChI=1S/C9H13N3O/c1-2-5-10-8-9(13)11-12-6-3-4-7-12/h2-4,6-7,10H,1,5,8H2,(H,11,13). The van der Waals surface area contributed by atoms with Crippen LogP contribution in [0.2, 0.25) is 0 Å². The maximum absolute atomic E-state index is 11.2. The Balaban J connectivity index is 2.22. The molecule has 0 aliphatic rings. The zero-order chi connectivity index (χ0) is 9.52. The summed E-state index contributed by atoms with van der Waals surface area (Å²) in [6.07, 6.45) is 5.25. The van der Waals surface area contributed by atoms with Crippen molar-refractivity contribution in [1.29, 1.82) is 0 Å². The van der Waals surface area contributed by atoms with Gasteiger partial charge in [-0.15, -0.1) is 6.58 Å². The molecular formula is C9H13N3O. The summed E-state index contributed by atoms with van der Waals surface area (Å²) in [7, 11) is 0. The molecule has 1 rings (SSSR count). The molecule has 0 fully saturated rings. The maximum Gasteiger partial charge on any atom is 0.252 e. The van der Waals surface area contributed by atoms with E-state index in [0.717, 1.165) is 0 Å². The summed E-state index contributed by atoms with van der Waals surface area (Å²) in [5.41, 5.74) is 2.66. The van der Waals surface area contributed by atoms with Gasteiger partial charge in [0, 0.05) is 18.9 Å². The highest BCUT2D eigenvalue weighted by molar-refractivity contribution is 5.85. The maximum atomic E-state index is 11.2. The lowest BCUT2D eigenvalue weighted by Gasteiger charge is -2.05. The largest absolute Gasteiger partial charge is 0.305 e. The second-order valence-corrected chi connectivity index (χ2v) is 2.54. The van der Waals surface area contributed by atoms with Crippen molar-refractivity contribution in [3.05, 3.63) is 37.2 Å². The van der Waals surface area contributed by atoms with Gasteiger partial charge in [0.2, 0.25) is 0 Å². The van der Waals surface area contributed by atoms with Crippen LogP contribution in [0.1, 0.15) is 0 Å². The minimum atomic E-state index is -0.0712. The van der Waals surface area contributed by atoms with E-state index in [1.54, 1.807) is 23.1 Å². The minimum absolute atomic E-state index is 0.0712. The summed E-state index contributed by atoms with van der Waals surface area (Å²) in [6.45, 7) is 4.47. The highest BCUT2D eigenvalue weighted by atomic mass is 16.2. The summed E-state index contributed by atoms with van der Waals surface area (Å²) in [5.74, 6) is -0.0712. The second kappa shape index (κ2) is 5.16. The fourth-order valence-electron chi connectivity index (χ4n) is 0.880. The highest BCUT2D eigenvalue weighted by Crippen LogP contribution is 1.84. The lowest BCUT2D eigenvalue weighted by Crippen LogP contribution is -2.32. The fourth-order valence-corrected chi connectivity index (χ4v) is 0.880. The summed E-state index contributed by atoms with van der Waals surface area (Å²) in [5, 5.41) is 2.90. The van der Waals surface area contributed by atoms with Gasteiger partial charge in [-0.3, -0.25) is 14.9 Å². The van der Waals surface area contributed by atoms with E-state index in [9.17, 15) is 4.79 Å². The van der Waals surface area contributed by atoms with E-state index in [1.165, 1.54) is 0 Å². The molecule has 4 nitrogen and oxygen atoms in total. The number of aromatic nitrogens is 1. The zero-order valence-electron chi connectivity index (χ0n) is 7.36. The van der Waals surface area contributed by atoms with E-state index in [2.05, 4.69) is 17.3 Å².